The molecule has 144 valence electrons. The van der Waals surface area contributed by atoms with E-state index in [0.717, 1.165) is 23.7 Å². The van der Waals surface area contributed by atoms with Crippen molar-refractivity contribution >= 4 is 47.4 Å². The van der Waals surface area contributed by atoms with E-state index in [4.69, 9.17) is 4.74 Å². The van der Waals surface area contributed by atoms with Gasteiger partial charge in [-0.25, -0.2) is 9.78 Å². The molecule has 0 aromatic carbocycles. The Bertz CT molecular complexity index is 557. The van der Waals surface area contributed by atoms with Gasteiger partial charge in [-0.05, 0) is 27.7 Å². The third-order valence-electron chi connectivity index (χ3n) is 3.01. The Hall–Kier alpha value is -1.10. The second-order valence-corrected chi connectivity index (χ2v) is 7.50. The van der Waals surface area contributed by atoms with Crippen LogP contribution in [0.1, 0.15) is 31.5 Å². The lowest BCUT2D eigenvalue weighted by Gasteiger charge is -2.24. The van der Waals surface area contributed by atoms with E-state index in [2.05, 4.69) is 26.0 Å². The molecule has 0 bridgehead atoms. The highest BCUT2D eigenvalue weighted by atomic mass is 127. The molecule has 0 aliphatic rings. The van der Waals surface area contributed by atoms with E-state index in [9.17, 15) is 4.79 Å². The normalized spacial score (nSPS) is 11.5. The van der Waals surface area contributed by atoms with Gasteiger partial charge in [0.2, 0.25) is 0 Å². The Morgan fingerprint density at radius 2 is 2.00 bits per heavy atom. The summed E-state index contributed by atoms with van der Waals surface area (Å²) in [6.45, 7) is 9.44. The van der Waals surface area contributed by atoms with Crippen LogP contribution < -0.4 is 10.6 Å². The fourth-order valence-electron chi connectivity index (χ4n) is 1.83. The minimum atomic E-state index is -0.482. The van der Waals surface area contributed by atoms with Crippen LogP contribution in [0, 0.1) is 6.92 Å². The van der Waals surface area contributed by atoms with Crippen molar-refractivity contribution in [2.24, 2.45) is 4.99 Å². The number of nitrogens with one attached hydrogen (secondary N) is 2. The van der Waals surface area contributed by atoms with E-state index in [1.807, 2.05) is 27.7 Å². The number of amides is 1. The van der Waals surface area contributed by atoms with Gasteiger partial charge in [-0.2, -0.15) is 0 Å². The minimum absolute atomic E-state index is 0. The number of hydrogen-bond acceptors (Lipinski definition) is 5. The zero-order valence-corrected chi connectivity index (χ0v) is 19.0. The number of likely N-dealkylation sites (N-methyl/N-ethyl adjacent to an activating group) is 1. The quantitative estimate of drug-likeness (QED) is 0.370. The predicted molar refractivity (Wildman–Crippen MR) is 114 cm³/mol. The highest BCUT2D eigenvalue weighted by molar-refractivity contribution is 14.0. The standard InChI is InChI=1S/C16H29N5O2S.HI/c1-12-20-13(11-24-12)7-8-18-14(17-5)19-9-10-21(6)15(22)23-16(2,3)4;/h11H,7-10H2,1-6H3,(H2,17,18,19);1H. The summed E-state index contributed by atoms with van der Waals surface area (Å²) in [5.74, 6) is 0.708. The number of aromatic nitrogens is 1. The summed E-state index contributed by atoms with van der Waals surface area (Å²) in [6.07, 6.45) is 0.522. The first kappa shape index (κ1) is 23.9. The van der Waals surface area contributed by atoms with Gasteiger partial charge in [0.05, 0.1) is 10.7 Å². The summed E-state index contributed by atoms with van der Waals surface area (Å²) in [4.78, 5) is 22.0. The number of aliphatic imine (C=N–C) groups is 1. The molecule has 2 N–H and O–H groups in total. The van der Waals surface area contributed by atoms with Gasteiger partial charge in [-0.15, -0.1) is 35.3 Å². The van der Waals surface area contributed by atoms with Crippen molar-refractivity contribution in [1.29, 1.82) is 0 Å². The number of aryl methyl sites for hydroxylation is 1. The number of nitrogens with zero attached hydrogens (tertiary/aromatic N) is 3. The van der Waals surface area contributed by atoms with E-state index >= 15 is 0 Å². The molecule has 1 aromatic rings. The molecule has 0 fully saturated rings. The number of carbonyl (C=O) groups excluding carboxylic acids is 1. The largest absolute Gasteiger partial charge is 0.444 e. The van der Waals surface area contributed by atoms with Crippen molar-refractivity contribution in [1.82, 2.24) is 20.5 Å². The first-order chi connectivity index (χ1) is 11.2. The Kier molecular flexibility index (Phi) is 11.0. The molecule has 0 atom stereocenters. The van der Waals surface area contributed by atoms with Gasteiger partial charge in [0.15, 0.2) is 5.96 Å². The van der Waals surface area contributed by atoms with Crippen molar-refractivity contribution in [3.63, 3.8) is 0 Å². The van der Waals surface area contributed by atoms with Crippen molar-refractivity contribution < 1.29 is 9.53 Å². The van der Waals surface area contributed by atoms with Crippen LogP contribution in [-0.2, 0) is 11.2 Å². The van der Waals surface area contributed by atoms with Crippen LogP contribution in [0.3, 0.4) is 0 Å². The van der Waals surface area contributed by atoms with Crippen molar-refractivity contribution in [3.8, 4) is 0 Å². The summed E-state index contributed by atoms with van der Waals surface area (Å²) in [5.41, 5.74) is 0.606. The lowest BCUT2D eigenvalue weighted by atomic mass is 10.2. The number of halogens is 1. The number of hydrogen-bond donors (Lipinski definition) is 2. The molecule has 1 heterocycles. The monoisotopic (exact) mass is 483 g/mol. The van der Waals surface area contributed by atoms with Gasteiger partial charge in [0.1, 0.15) is 5.60 Å². The molecule has 1 aromatic heterocycles. The molecule has 0 radical (unpaired) electrons. The van der Waals surface area contributed by atoms with E-state index in [1.54, 1.807) is 30.3 Å². The average molecular weight is 483 g/mol. The van der Waals surface area contributed by atoms with Crippen LogP contribution in [0.5, 0.6) is 0 Å². The third kappa shape index (κ3) is 10.5. The highest BCUT2D eigenvalue weighted by Crippen LogP contribution is 2.09. The van der Waals surface area contributed by atoms with Crippen LogP contribution >= 0.6 is 35.3 Å². The van der Waals surface area contributed by atoms with Crippen molar-refractivity contribution in [2.45, 2.75) is 39.7 Å². The van der Waals surface area contributed by atoms with E-state index in [-0.39, 0.29) is 30.1 Å². The number of rotatable bonds is 6. The Morgan fingerprint density at radius 1 is 1.36 bits per heavy atom. The van der Waals surface area contributed by atoms with Crippen LogP contribution in [0.2, 0.25) is 0 Å². The molecule has 0 saturated heterocycles. The molecule has 0 aliphatic heterocycles. The fourth-order valence-corrected chi connectivity index (χ4v) is 2.47. The Labute approximate surface area is 171 Å². The molecule has 1 rings (SSSR count). The molecular weight excluding hydrogens is 453 g/mol. The molecule has 9 heteroatoms. The second-order valence-electron chi connectivity index (χ2n) is 6.44. The van der Waals surface area contributed by atoms with Gasteiger partial charge >= 0.3 is 6.09 Å². The van der Waals surface area contributed by atoms with Crippen LogP contribution in [0.15, 0.2) is 10.4 Å². The SMILES string of the molecule is CN=C(NCCc1csc(C)n1)NCCN(C)C(=O)OC(C)(C)C.I. The molecule has 7 nitrogen and oxygen atoms in total. The highest BCUT2D eigenvalue weighted by Gasteiger charge is 2.19. The summed E-state index contributed by atoms with van der Waals surface area (Å²) in [5, 5.41) is 9.57. The maximum absolute atomic E-state index is 11.9. The maximum atomic E-state index is 11.9. The predicted octanol–water partition coefficient (Wildman–Crippen LogP) is 2.64. The first-order valence-electron chi connectivity index (χ1n) is 8.01. The molecular formula is C16H30IN5O2S. The van der Waals surface area contributed by atoms with Crippen LogP contribution in [0.4, 0.5) is 4.79 Å². The van der Waals surface area contributed by atoms with Crippen molar-refractivity contribution in [2.75, 3.05) is 33.7 Å². The van der Waals surface area contributed by atoms with Gasteiger partial charge in [0.25, 0.3) is 0 Å². The maximum Gasteiger partial charge on any atom is 0.410 e. The number of ether oxygens (including phenoxy) is 1. The third-order valence-corrected chi connectivity index (χ3v) is 3.83. The van der Waals surface area contributed by atoms with E-state index in [0.29, 0.717) is 19.0 Å². The molecule has 0 unspecified atom stereocenters. The lowest BCUT2D eigenvalue weighted by Crippen LogP contribution is -2.43. The number of thiazole rings is 1. The Morgan fingerprint density at radius 3 is 2.52 bits per heavy atom. The van der Waals surface area contributed by atoms with Gasteiger partial charge in [-0.3, -0.25) is 4.99 Å². The fraction of sp³-hybridized carbons (Fsp3) is 0.688. The second kappa shape index (κ2) is 11.5. The van der Waals surface area contributed by atoms with Gasteiger partial charge < -0.3 is 20.3 Å². The lowest BCUT2D eigenvalue weighted by molar-refractivity contribution is 0.0302. The van der Waals surface area contributed by atoms with Crippen LogP contribution in [0.25, 0.3) is 0 Å². The average Bonchev–Trinajstić information content (AvgIpc) is 2.89. The van der Waals surface area contributed by atoms with Gasteiger partial charge in [-0.1, -0.05) is 0 Å². The molecule has 25 heavy (non-hydrogen) atoms. The van der Waals surface area contributed by atoms with Crippen molar-refractivity contribution in [3.05, 3.63) is 16.1 Å². The van der Waals surface area contributed by atoms with Gasteiger partial charge in [0, 0.05) is 45.5 Å². The number of carbonyl (C=O) groups is 1. The summed E-state index contributed by atoms with van der Waals surface area (Å²) < 4.78 is 5.31. The zero-order valence-electron chi connectivity index (χ0n) is 15.9. The molecule has 0 spiro atoms. The molecule has 0 aliphatic carbocycles. The van der Waals surface area contributed by atoms with Crippen LogP contribution in [-0.4, -0.2) is 61.3 Å². The van der Waals surface area contributed by atoms with E-state index in [1.165, 1.54) is 0 Å². The summed E-state index contributed by atoms with van der Waals surface area (Å²) in [7, 11) is 3.44. The molecule has 1 amide bonds. The first-order valence-corrected chi connectivity index (χ1v) is 8.89. The minimum Gasteiger partial charge on any atom is -0.444 e. The Balaban J connectivity index is 0.00000576. The smallest absolute Gasteiger partial charge is 0.410 e. The summed E-state index contributed by atoms with van der Waals surface area (Å²) in [6, 6.07) is 0. The zero-order chi connectivity index (χ0) is 18.2. The molecule has 0 saturated carbocycles. The summed E-state index contributed by atoms with van der Waals surface area (Å²) >= 11 is 1.66. The number of guanidine groups is 1. The topological polar surface area (TPSA) is 78.9 Å². The van der Waals surface area contributed by atoms with E-state index < -0.39 is 5.60 Å².